The molecule has 1 unspecified atom stereocenters. The van der Waals surface area contributed by atoms with Crippen molar-refractivity contribution in [1.29, 1.82) is 0 Å². The van der Waals surface area contributed by atoms with Gasteiger partial charge in [0.1, 0.15) is 24.4 Å². The monoisotopic (exact) mass is 900 g/mol. The molecule has 11 atom stereocenters. The summed E-state index contributed by atoms with van der Waals surface area (Å²) >= 11 is 0. The smallest absolute Gasteiger partial charge is 0.338 e. The Bertz CT molecular complexity index is 2370. The van der Waals surface area contributed by atoms with Gasteiger partial charge in [0, 0.05) is 12.7 Å². The molecule has 0 amide bonds. The predicted octanol–water partition coefficient (Wildman–Crippen LogP) is 6.69. The van der Waals surface area contributed by atoms with E-state index in [0.717, 1.165) is 5.56 Å². The lowest BCUT2D eigenvalue weighted by molar-refractivity contribution is -0.370. The van der Waals surface area contributed by atoms with Gasteiger partial charge >= 0.3 is 23.9 Å². The average molecular weight is 901 g/mol. The van der Waals surface area contributed by atoms with Gasteiger partial charge in [0.15, 0.2) is 43.3 Å². The highest BCUT2D eigenvalue weighted by molar-refractivity contribution is 5.91. The zero-order valence-electron chi connectivity index (χ0n) is 35.8. The Balaban J connectivity index is 1.14. The molecule has 0 aliphatic carbocycles. The molecule has 3 heterocycles. The SMILES string of the molecule is C=CCO[C@H]1[C@H]2OC(c3ccccc3)OC[C@H]2O[C@@H](OC[C@H]2O[C@H](OC)[C@H](OC(=O)c3ccccc3)[C@@H](OC(=O)c3ccccc3)[C@@H]2OC(=O)c2ccccc2)[C@@H]1OC(=O)c1ccccc1. The number of carbonyl (C=O) groups excluding carboxylic acids is 4. The van der Waals surface area contributed by atoms with E-state index in [1.165, 1.54) is 7.11 Å². The highest BCUT2D eigenvalue weighted by Gasteiger charge is 2.56. The second-order valence-corrected chi connectivity index (χ2v) is 15.4. The third-order valence-electron chi connectivity index (χ3n) is 11.0. The first-order valence-electron chi connectivity index (χ1n) is 21.3. The first-order valence-corrected chi connectivity index (χ1v) is 21.3. The third kappa shape index (κ3) is 10.9. The fraction of sp³-hybridized carbons (Fsp3) is 0.294. The molecule has 0 saturated carbocycles. The maximum absolute atomic E-state index is 14.0. The summed E-state index contributed by atoms with van der Waals surface area (Å²) < 4.78 is 68.8. The van der Waals surface area contributed by atoms with Crippen molar-refractivity contribution in [3.05, 3.63) is 192 Å². The summed E-state index contributed by atoms with van der Waals surface area (Å²) in [7, 11) is 1.31. The van der Waals surface area contributed by atoms with Crippen LogP contribution in [0.5, 0.6) is 0 Å². The predicted molar refractivity (Wildman–Crippen MR) is 233 cm³/mol. The van der Waals surface area contributed by atoms with E-state index in [0.29, 0.717) is 0 Å². The molecular weight excluding hydrogens is 853 g/mol. The molecule has 5 aromatic carbocycles. The minimum Gasteiger partial charge on any atom is -0.452 e. The molecule has 0 bridgehead atoms. The number of benzene rings is 5. The summed E-state index contributed by atoms with van der Waals surface area (Å²) in [6.45, 7) is 3.43. The molecule has 0 radical (unpaired) electrons. The van der Waals surface area contributed by atoms with Crippen LogP contribution in [0.15, 0.2) is 164 Å². The Hall–Kier alpha value is -6.56. The first kappa shape index (κ1) is 46.0. The lowest BCUT2D eigenvalue weighted by atomic mass is 9.96. The fourth-order valence-electron chi connectivity index (χ4n) is 7.81. The standard InChI is InChI=1S/C51H48O15/c1-3-29-57-41-39-37(30-58-49(66-39)36-27-17-8-18-28-36)61-51(43(41)64-47(54)34-23-13-6-14-24-34)59-31-38-40(62-45(52)32-19-9-4-10-20-32)42(63-46(53)33-21-11-5-12-22-33)44(50(56-2)60-38)65-48(55)35-25-15-7-16-26-35/h3-28,37-44,49-51H,1,29-31H2,2H3/t37-,38-,39+,40-,41+,42+,43-,44-,49?,50+,51-/m1/s1. The topological polar surface area (TPSA) is 170 Å². The van der Waals surface area contributed by atoms with Gasteiger partial charge in [-0.3, -0.25) is 0 Å². The zero-order chi connectivity index (χ0) is 45.8. The molecule has 3 fully saturated rings. The van der Waals surface area contributed by atoms with Gasteiger partial charge < -0.3 is 52.1 Å². The van der Waals surface area contributed by atoms with Crippen LogP contribution in [-0.2, 0) is 52.1 Å². The number of rotatable bonds is 16. The van der Waals surface area contributed by atoms with Crippen molar-refractivity contribution in [3.63, 3.8) is 0 Å². The van der Waals surface area contributed by atoms with Gasteiger partial charge in [-0.2, -0.15) is 0 Å². The quantitative estimate of drug-likeness (QED) is 0.0583. The molecule has 66 heavy (non-hydrogen) atoms. The molecule has 15 heteroatoms. The Kier molecular flexibility index (Phi) is 15.4. The van der Waals surface area contributed by atoms with Crippen molar-refractivity contribution >= 4 is 23.9 Å². The minimum atomic E-state index is -1.55. The van der Waals surface area contributed by atoms with Crippen LogP contribution in [0.4, 0.5) is 0 Å². The molecule has 8 rings (SSSR count). The summed E-state index contributed by atoms with van der Waals surface area (Å²) in [5.74, 6) is -3.12. The molecule has 0 spiro atoms. The summed E-state index contributed by atoms with van der Waals surface area (Å²) in [5.41, 5.74) is 1.52. The summed E-state index contributed by atoms with van der Waals surface area (Å²) in [4.78, 5) is 55.4. The molecule has 0 N–H and O–H groups in total. The molecule has 342 valence electrons. The van der Waals surface area contributed by atoms with Crippen LogP contribution in [0.3, 0.4) is 0 Å². The average Bonchev–Trinajstić information content (AvgIpc) is 3.37. The molecule has 5 aromatic rings. The van der Waals surface area contributed by atoms with Crippen molar-refractivity contribution in [1.82, 2.24) is 0 Å². The van der Waals surface area contributed by atoms with Crippen molar-refractivity contribution in [2.75, 3.05) is 26.9 Å². The molecular formula is C51H48O15. The number of fused-ring (bicyclic) bond motifs is 1. The number of hydrogen-bond donors (Lipinski definition) is 0. The van der Waals surface area contributed by atoms with E-state index in [9.17, 15) is 19.2 Å². The van der Waals surface area contributed by atoms with Gasteiger partial charge in [-0.1, -0.05) is 109 Å². The highest BCUT2D eigenvalue weighted by Crippen LogP contribution is 2.38. The number of methoxy groups -OCH3 is 1. The van der Waals surface area contributed by atoms with E-state index in [4.69, 9.17) is 52.1 Å². The van der Waals surface area contributed by atoms with E-state index in [1.807, 2.05) is 30.3 Å². The van der Waals surface area contributed by atoms with E-state index in [2.05, 4.69) is 6.58 Å². The van der Waals surface area contributed by atoms with Gasteiger partial charge in [0.05, 0.1) is 42.1 Å². The molecule has 15 nitrogen and oxygen atoms in total. The summed E-state index contributed by atoms with van der Waals surface area (Å²) in [6.07, 6.45) is -11.8. The maximum Gasteiger partial charge on any atom is 0.338 e. The first-order chi connectivity index (χ1) is 32.3. The number of hydrogen-bond acceptors (Lipinski definition) is 15. The van der Waals surface area contributed by atoms with Gasteiger partial charge in [-0.05, 0) is 48.5 Å². The van der Waals surface area contributed by atoms with Crippen LogP contribution in [0.2, 0.25) is 0 Å². The molecule has 0 aromatic heterocycles. The van der Waals surface area contributed by atoms with Crippen molar-refractivity contribution in [2.24, 2.45) is 0 Å². The van der Waals surface area contributed by atoms with Gasteiger partial charge in [-0.15, -0.1) is 6.58 Å². The lowest BCUT2D eigenvalue weighted by Crippen LogP contribution is -2.65. The van der Waals surface area contributed by atoms with Gasteiger partial charge in [-0.25, -0.2) is 19.2 Å². The van der Waals surface area contributed by atoms with E-state index in [-0.39, 0.29) is 35.5 Å². The summed E-state index contributed by atoms with van der Waals surface area (Å²) in [5, 5.41) is 0. The number of ether oxygens (including phenoxy) is 11. The third-order valence-corrected chi connectivity index (χ3v) is 11.0. The van der Waals surface area contributed by atoms with Crippen LogP contribution in [0.1, 0.15) is 53.3 Å². The van der Waals surface area contributed by atoms with Crippen molar-refractivity contribution < 1.29 is 71.3 Å². The number of carbonyl (C=O) groups is 4. The second kappa shape index (κ2) is 22.1. The normalized spacial score (nSPS) is 27.0. The Morgan fingerprint density at radius 2 is 0.970 bits per heavy atom. The Labute approximate surface area is 381 Å². The summed E-state index contributed by atoms with van der Waals surface area (Å²) in [6, 6.07) is 42.1. The highest BCUT2D eigenvalue weighted by atomic mass is 16.8. The van der Waals surface area contributed by atoms with Gasteiger partial charge in [0.25, 0.3) is 0 Å². The fourth-order valence-corrected chi connectivity index (χ4v) is 7.81. The van der Waals surface area contributed by atoms with Gasteiger partial charge in [0.2, 0.25) is 0 Å². The molecule has 3 aliphatic rings. The van der Waals surface area contributed by atoms with Crippen LogP contribution in [0, 0.1) is 0 Å². The van der Waals surface area contributed by atoms with E-state index in [1.54, 1.807) is 127 Å². The maximum atomic E-state index is 14.0. The van der Waals surface area contributed by atoms with E-state index >= 15 is 0 Å². The van der Waals surface area contributed by atoms with E-state index < -0.39 is 98.2 Å². The van der Waals surface area contributed by atoms with Crippen LogP contribution >= 0.6 is 0 Å². The second-order valence-electron chi connectivity index (χ2n) is 15.4. The van der Waals surface area contributed by atoms with Crippen molar-refractivity contribution in [3.8, 4) is 0 Å². The minimum absolute atomic E-state index is 0.0341. The lowest BCUT2D eigenvalue weighted by Gasteiger charge is -2.49. The Morgan fingerprint density at radius 1 is 0.530 bits per heavy atom. The number of esters is 4. The molecule has 3 saturated heterocycles. The molecule has 3 aliphatic heterocycles. The zero-order valence-corrected chi connectivity index (χ0v) is 35.8. The largest absolute Gasteiger partial charge is 0.452 e. The van der Waals surface area contributed by atoms with Crippen LogP contribution in [-0.4, -0.2) is 112 Å². The van der Waals surface area contributed by atoms with Crippen molar-refractivity contribution in [2.45, 2.75) is 67.7 Å². The van der Waals surface area contributed by atoms with Crippen LogP contribution < -0.4 is 0 Å². The van der Waals surface area contributed by atoms with Crippen LogP contribution in [0.25, 0.3) is 0 Å². The Morgan fingerprint density at radius 3 is 1.44 bits per heavy atom.